The lowest BCUT2D eigenvalue weighted by atomic mass is 9.72. The summed E-state index contributed by atoms with van der Waals surface area (Å²) in [6.45, 7) is 6.82. The Kier molecular flexibility index (Phi) is 4.92. The quantitative estimate of drug-likeness (QED) is 0.412. The van der Waals surface area contributed by atoms with Crippen LogP contribution < -0.4 is 0 Å². The first kappa shape index (κ1) is 18.3. The van der Waals surface area contributed by atoms with Crippen LogP contribution in [0.1, 0.15) is 48.8 Å². The normalized spacial score (nSPS) is 17.1. The van der Waals surface area contributed by atoms with E-state index in [0.717, 1.165) is 35.4 Å². The molecule has 0 bridgehead atoms. The van der Waals surface area contributed by atoms with Crippen molar-refractivity contribution in [3.05, 3.63) is 55.9 Å². The van der Waals surface area contributed by atoms with Crippen LogP contribution in [0, 0.1) is 32.8 Å². The standard InChI is InChI=1S/C20H21N3O2S/c1-20(2,3)14-6-9-16-17(11-21)19(26-18(16)10-14)22-12-13-4-7-15(8-5-13)23(24)25/h4-5,7-8,12,14H,6,9-10H2,1-3H3/t14-/m1/s1. The van der Waals surface area contributed by atoms with Gasteiger partial charge in [-0.1, -0.05) is 20.8 Å². The number of nitrogens with zero attached hydrogens (tertiary/aromatic N) is 3. The number of nitriles is 1. The molecule has 0 saturated heterocycles. The Morgan fingerprint density at radius 2 is 2.04 bits per heavy atom. The summed E-state index contributed by atoms with van der Waals surface area (Å²) in [7, 11) is 0. The lowest BCUT2D eigenvalue weighted by Gasteiger charge is -2.33. The zero-order valence-electron chi connectivity index (χ0n) is 15.2. The highest BCUT2D eigenvalue weighted by Crippen LogP contribution is 2.44. The van der Waals surface area contributed by atoms with Gasteiger partial charge in [0.05, 0.1) is 10.5 Å². The number of fused-ring (bicyclic) bond motifs is 1. The molecular weight excluding hydrogens is 346 g/mol. The van der Waals surface area contributed by atoms with E-state index < -0.39 is 4.92 Å². The van der Waals surface area contributed by atoms with Crippen molar-refractivity contribution in [2.24, 2.45) is 16.3 Å². The van der Waals surface area contributed by atoms with Crippen molar-refractivity contribution >= 4 is 28.2 Å². The van der Waals surface area contributed by atoms with E-state index in [1.54, 1.807) is 29.7 Å². The third-order valence-corrected chi connectivity index (χ3v) is 6.18. The summed E-state index contributed by atoms with van der Waals surface area (Å²) < 4.78 is 0. The fourth-order valence-corrected chi connectivity index (χ4v) is 4.55. The van der Waals surface area contributed by atoms with Crippen LogP contribution in [0.2, 0.25) is 0 Å². The highest BCUT2D eigenvalue weighted by molar-refractivity contribution is 7.16. The van der Waals surface area contributed by atoms with E-state index in [4.69, 9.17) is 0 Å². The van der Waals surface area contributed by atoms with Gasteiger partial charge in [0.1, 0.15) is 11.1 Å². The summed E-state index contributed by atoms with van der Waals surface area (Å²) in [6, 6.07) is 8.57. The maximum Gasteiger partial charge on any atom is 0.269 e. The molecular formula is C20H21N3O2S. The van der Waals surface area contributed by atoms with E-state index in [1.165, 1.54) is 17.0 Å². The smallest absolute Gasteiger partial charge is 0.258 e. The molecule has 0 saturated carbocycles. The van der Waals surface area contributed by atoms with Crippen molar-refractivity contribution in [1.82, 2.24) is 0 Å². The van der Waals surface area contributed by atoms with E-state index >= 15 is 0 Å². The Morgan fingerprint density at radius 3 is 2.62 bits per heavy atom. The fourth-order valence-electron chi connectivity index (χ4n) is 3.33. The predicted molar refractivity (Wildman–Crippen MR) is 104 cm³/mol. The number of benzene rings is 1. The molecule has 1 heterocycles. The Bertz CT molecular complexity index is 899. The highest BCUT2D eigenvalue weighted by atomic mass is 32.1. The molecule has 5 nitrogen and oxygen atoms in total. The first-order valence-electron chi connectivity index (χ1n) is 8.62. The van der Waals surface area contributed by atoms with Gasteiger partial charge in [-0.15, -0.1) is 11.3 Å². The molecule has 1 aromatic carbocycles. The van der Waals surface area contributed by atoms with Crippen LogP contribution in [-0.4, -0.2) is 11.1 Å². The molecule has 6 heteroatoms. The average Bonchev–Trinajstić information content (AvgIpc) is 2.96. The zero-order chi connectivity index (χ0) is 18.9. The molecule has 1 aliphatic rings. The van der Waals surface area contributed by atoms with E-state index in [2.05, 4.69) is 31.8 Å². The van der Waals surface area contributed by atoms with Gasteiger partial charge in [0, 0.05) is 23.2 Å². The summed E-state index contributed by atoms with van der Waals surface area (Å²) in [6.07, 6.45) is 4.71. The Balaban J connectivity index is 1.86. The van der Waals surface area contributed by atoms with Crippen molar-refractivity contribution in [1.29, 1.82) is 5.26 Å². The number of aliphatic imine (C=N–C) groups is 1. The first-order chi connectivity index (χ1) is 12.3. The first-order valence-corrected chi connectivity index (χ1v) is 9.44. The van der Waals surface area contributed by atoms with Gasteiger partial charge >= 0.3 is 0 Å². The minimum Gasteiger partial charge on any atom is -0.258 e. The van der Waals surface area contributed by atoms with Gasteiger partial charge in [0.25, 0.3) is 5.69 Å². The molecule has 0 fully saturated rings. The fraction of sp³-hybridized carbons (Fsp3) is 0.400. The Morgan fingerprint density at radius 1 is 1.35 bits per heavy atom. The molecule has 2 aromatic rings. The van der Waals surface area contributed by atoms with E-state index in [1.807, 2.05) is 0 Å². The van der Waals surface area contributed by atoms with Crippen molar-refractivity contribution in [2.75, 3.05) is 0 Å². The van der Waals surface area contributed by atoms with Crippen molar-refractivity contribution < 1.29 is 4.92 Å². The number of thiophene rings is 1. The minimum absolute atomic E-state index is 0.0553. The molecule has 0 unspecified atom stereocenters. The molecule has 134 valence electrons. The number of hydrogen-bond acceptors (Lipinski definition) is 5. The maximum atomic E-state index is 10.7. The van der Waals surface area contributed by atoms with Crippen molar-refractivity contribution in [3.63, 3.8) is 0 Å². The van der Waals surface area contributed by atoms with Crippen molar-refractivity contribution in [3.8, 4) is 6.07 Å². The van der Waals surface area contributed by atoms with E-state index in [9.17, 15) is 15.4 Å². The van der Waals surface area contributed by atoms with E-state index in [0.29, 0.717) is 11.5 Å². The van der Waals surface area contributed by atoms with Crippen LogP contribution in [0.4, 0.5) is 10.7 Å². The second kappa shape index (κ2) is 7.00. The molecule has 0 amide bonds. The zero-order valence-corrected chi connectivity index (χ0v) is 16.0. The molecule has 0 spiro atoms. The Hall–Kier alpha value is -2.52. The number of hydrogen-bond donors (Lipinski definition) is 0. The molecule has 0 aliphatic heterocycles. The molecule has 1 aliphatic carbocycles. The Labute approximate surface area is 157 Å². The number of nitro groups is 1. The van der Waals surface area contributed by atoms with Gasteiger partial charge < -0.3 is 0 Å². The number of nitro benzene ring substituents is 1. The third-order valence-electron chi connectivity index (χ3n) is 5.02. The highest BCUT2D eigenvalue weighted by Gasteiger charge is 2.32. The lowest BCUT2D eigenvalue weighted by molar-refractivity contribution is -0.384. The van der Waals surface area contributed by atoms with Gasteiger partial charge in [-0.3, -0.25) is 10.1 Å². The summed E-state index contributed by atoms with van der Waals surface area (Å²) in [4.78, 5) is 16.1. The summed E-state index contributed by atoms with van der Waals surface area (Å²) in [5, 5.41) is 21.1. The third kappa shape index (κ3) is 3.68. The largest absolute Gasteiger partial charge is 0.269 e. The van der Waals surface area contributed by atoms with Gasteiger partial charge in [-0.05, 0) is 53.9 Å². The number of non-ortho nitro benzene ring substituents is 1. The number of rotatable bonds is 3. The van der Waals surface area contributed by atoms with Crippen LogP contribution in [0.25, 0.3) is 0 Å². The average molecular weight is 367 g/mol. The van der Waals surface area contributed by atoms with E-state index in [-0.39, 0.29) is 11.1 Å². The maximum absolute atomic E-state index is 10.7. The second-order valence-corrected chi connectivity index (χ2v) is 8.79. The lowest BCUT2D eigenvalue weighted by Crippen LogP contribution is -2.26. The molecule has 1 atom stereocenters. The summed E-state index contributed by atoms with van der Waals surface area (Å²) in [5.74, 6) is 0.617. The van der Waals surface area contributed by atoms with Crippen LogP contribution >= 0.6 is 11.3 Å². The van der Waals surface area contributed by atoms with Crippen LogP contribution in [-0.2, 0) is 12.8 Å². The molecule has 0 radical (unpaired) electrons. The van der Waals surface area contributed by atoms with Crippen LogP contribution in [0.3, 0.4) is 0 Å². The minimum atomic E-state index is -0.423. The van der Waals surface area contributed by atoms with Crippen LogP contribution in [0.15, 0.2) is 29.3 Å². The second-order valence-electron chi connectivity index (χ2n) is 7.71. The molecule has 3 rings (SSSR count). The molecule has 0 N–H and O–H groups in total. The summed E-state index contributed by atoms with van der Waals surface area (Å²) >= 11 is 1.61. The monoisotopic (exact) mass is 367 g/mol. The SMILES string of the molecule is CC(C)(C)[C@@H]1CCc2c(sc(N=Cc3ccc([N+](=O)[O-])cc3)c2C#N)C1. The van der Waals surface area contributed by atoms with Gasteiger partial charge in [0.2, 0.25) is 0 Å². The molecule has 26 heavy (non-hydrogen) atoms. The van der Waals surface area contributed by atoms with Crippen LogP contribution in [0.5, 0.6) is 0 Å². The van der Waals surface area contributed by atoms with Gasteiger partial charge in [-0.25, -0.2) is 4.99 Å². The topological polar surface area (TPSA) is 79.3 Å². The molecule has 1 aromatic heterocycles. The summed E-state index contributed by atoms with van der Waals surface area (Å²) in [5.41, 5.74) is 2.94. The van der Waals surface area contributed by atoms with Crippen molar-refractivity contribution in [2.45, 2.75) is 40.0 Å². The van der Waals surface area contributed by atoms with Gasteiger partial charge in [0.15, 0.2) is 0 Å². The predicted octanol–water partition coefficient (Wildman–Crippen LogP) is 5.43. The van der Waals surface area contributed by atoms with Gasteiger partial charge in [-0.2, -0.15) is 5.26 Å².